The number of carbonyl (C=O) groups is 2. The molecule has 19 heavy (non-hydrogen) atoms. The van der Waals surface area contributed by atoms with Gasteiger partial charge in [0, 0.05) is 19.1 Å². The third kappa shape index (κ3) is 3.28. The van der Waals surface area contributed by atoms with Crippen LogP contribution in [0.4, 0.5) is 5.69 Å². The molecule has 1 aromatic carbocycles. The van der Waals surface area contributed by atoms with Gasteiger partial charge in [-0.05, 0) is 18.2 Å². The molecule has 0 unspecified atom stereocenters. The second-order valence-electron chi connectivity index (χ2n) is 4.37. The largest absolute Gasteiger partial charge is 0.326 e. The monoisotopic (exact) mass is 257 g/mol. The zero-order valence-electron chi connectivity index (χ0n) is 10.8. The van der Waals surface area contributed by atoms with Gasteiger partial charge in [0.25, 0.3) is 5.91 Å². The molecule has 0 fully saturated rings. The molecular formula is C14H15N3O2. The molecule has 1 atom stereocenters. The Labute approximate surface area is 111 Å². The smallest absolute Gasteiger partial charge is 0.258 e. The number of hydrogen-bond donors (Lipinski definition) is 2. The Balaban J connectivity index is 2.17. The second kappa shape index (κ2) is 5.48. The summed E-state index contributed by atoms with van der Waals surface area (Å²) in [6.07, 6.45) is 3.62. The van der Waals surface area contributed by atoms with Crippen LogP contribution >= 0.6 is 0 Å². The van der Waals surface area contributed by atoms with Crippen molar-refractivity contribution in [2.75, 3.05) is 5.32 Å². The summed E-state index contributed by atoms with van der Waals surface area (Å²) in [5.41, 5.74) is 0.900. The zero-order chi connectivity index (χ0) is 13.8. The number of allylic oxidation sites excluding steroid dienone is 1. The Bertz CT molecular complexity index is 576. The number of rotatable bonds is 3. The third-order valence-corrected chi connectivity index (χ3v) is 2.59. The third-order valence-electron chi connectivity index (χ3n) is 2.59. The van der Waals surface area contributed by atoms with Crippen molar-refractivity contribution in [1.82, 2.24) is 5.32 Å². The van der Waals surface area contributed by atoms with E-state index in [1.165, 1.54) is 6.92 Å². The standard InChI is InChI=1S/C14H15N3O2/c1-9-7-13(15-8-9)17-14(19)11-5-3-4-6-12(11)16-10(2)18/h3-9H,1-2H3,(H,16,18)(H,17,19)/t9-/m0/s1. The number of nitrogens with zero attached hydrogens (tertiary/aromatic N) is 1. The molecule has 98 valence electrons. The van der Waals surface area contributed by atoms with Gasteiger partial charge in [-0.25, -0.2) is 4.99 Å². The van der Waals surface area contributed by atoms with Crippen LogP contribution in [0.25, 0.3) is 0 Å². The predicted molar refractivity (Wildman–Crippen MR) is 74.0 cm³/mol. The Morgan fingerprint density at radius 3 is 2.58 bits per heavy atom. The Hall–Kier alpha value is -2.43. The molecule has 2 N–H and O–H groups in total. The molecule has 0 saturated carbocycles. The van der Waals surface area contributed by atoms with Crippen molar-refractivity contribution in [3.63, 3.8) is 0 Å². The molecule has 5 heteroatoms. The van der Waals surface area contributed by atoms with Gasteiger partial charge >= 0.3 is 0 Å². The maximum Gasteiger partial charge on any atom is 0.258 e. The zero-order valence-corrected chi connectivity index (χ0v) is 10.8. The Kier molecular flexibility index (Phi) is 3.75. The number of para-hydroxylation sites is 1. The minimum absolute atomic E-state index is 0.216. The molecule has 0 saturated heterocycles. The highest BCUT2D eigenvalue weighted by atomic mass is 16.2. The SMILES string of the molecule is CC(=O)Nc1ccccc1C(=O)NC1=C[C@H](C)C=N1. The van der Waals surface area contributed by atoms with E-state index in [1.54, 1.807) is 30.5 Å². The maximum atomic E-state index is 12.1. The first-order valence-electron chi connectivity index (χ1n) is 6.00. The van der Waals surface area contributed by atoms with Crippen LogP contribution in [0.2, 0.25) is 0 Å². The van der Waals surface area contributed by atoms with Crippen molar-refractivity contribution in [3.05, 3.63) is 41.7 Å². The van der Waals surface area contributed by atoms with Crippen molar-refractivity contribution in [3.8, 4) is 0 Å². The van der Waals surface area contributed by atoms with Crippen LogP contribution in [0, 0.1) is 5.92 Å². The lowest BCUT2D eigenvalue weighted by atomic mass is 10.1. The molecule has 0 radical (unpaired) electrons. The summed E-state index contributed by atoms with van der Waals surface area (Å²) in [5.74, 6) is 0.254. The Morgan fingerprint density at radius 2 is 1.95 bits per heavy atom. The molecule has 0 spiro atoms. The summed E-state index contributed by atoms with van der Waals surface area (Å²) in [4.78, 5) is 27.3. The summed E-state index contributed by atoms with van der Waals surface area (Å²) < 4.78 is 0. The van der Waals surface area contributed by atoms with Crippen molar-refractivity contribution in [2.24, 2.45) is 10.9 Å². The average molecular weight is 257 g/mol. The molecule has 1 aliphatic rings. The van der Waals surface area contributed by atoms with E-state index in [1.807, 2.05) is 13.0 Å². The lowest BCUT2D eigenvalue weighted by Crippen LogP contribution is -2.23. The summed E-state index contributed by atoms with van der Waals surface area (Å²) in [7, 11) is 0. The van der Waals surface area contributed by atoms with Gasteiger partial charge in [-0.2, -0.15) is 0 Å². The molecule has 2 rings (SSSR count). The predicted octanol–water partition coefficient (Wildman–Crippen LogP) is 1.94. The minimum Gasteiger partial charge on any atom is -0.326 e. The number of nitrogens with one attached hydrogen (secondary N) is 2. The van der Waals surface area contributed by atoms with Crippen LogP contribution in [0.3, 0.4) is 0 Å². The first kappa shape index (κ1) is 13.0. The first-order chi connectivity index (χ1) is 9.06. The number of hydrogen-bond acceptors (Lipinski definition) is 3. The topological polar surface area (TPSA) is 70.6 Å². The average Bonchev–Trinajstić information content (AvgIpc) is 2.74. The van der Waals surface area contributed by atoms with Gasteiger partial charge in [0.15, 0.2) is 0 Å². The molecule has 0 aromatic heterocycles. The molecule has 1 heterocycles. The quantitative estimate of drug-likeness (QED) is 0.868. The highest BCUT2D eigenvalue weighted by molar-refractivity contribution is 6.04. The highest BCUT2D eigenvalue weighted by Crippen LogP contribution is 2.16. The van der Waals surface area contributed by atoms with Gasteiger partial charge in [0.05, 0.1) is 11.3 Å². The van der Waals surface area contributed by atoms with Crippen molar-refractivity contribution < 1.29 is 9.59 Å². The summed E-state index contributed by atoms with van der Waals surface area (Å²) in [6, 6.07) is 6.85. The highest BCUT2D eigenvalue weighted by Gasteiger charge is 2.14. The van der Waals surface area contributed by atoms with Gasteiger partial charge in [0.2, 0.25) is 5.91 Å². The fourth-order valence-electron chi connectivity index (χ4n) is 1.77. The molecule has 1 aromatic rings. The molecule has 2 amide bonds. The first-order valence-corrected chi connectivity index (χ1v) is 6.00. The van der Waals surface area contributed by atoms with Gasteiger partial charge in [-0.1, -0.05) is 19.1 Å². The van der Waals surface area contributed by atoms with Crippen LogP contribution in [0.5, 0.6) is 0 Å². The molecule has 0 aliphatic carbocycles. The number of amides is 2. The van der Waals surface area contributed by atoms with E-state index < -0.39 is 0 Å². The number of carbonyl (C=O) groups excluding carboxylic acids is 2. The fraction of sp³-hybridized carbons (Fsp3) is 0.214. The second-order valence-corrected chi connectivity index (χ2v) is 4.37. The van der Waals surface area contributed by atoms with E-state index in [4.69, 9.17) is 0 Å². The maximum absolute atomic E-state index is 12.1. The fourth-order valence-corrected chi connectivity index (χ4v) is 1.77. The summed E-state index contributed by atoms with van der Waals surface area (Å²) >= 11 is 0. The van der Waals surface area contributed by atoms with Crippen LogP contribution in [-0.2, 0) is 4.79 Å². The van der Waals surface area contributed by atoms with Crippen molar-refractivity contribution in [1.29, 1.82) is 0 Å². The number of anilines is 1. The Morgan fingerprint density at radius 1 is 1.21 bits per heavy atom. The lowest BCUT2D eigenvalue weighted by molar-refractivity contribution is -0.114. The van der Waals surface area contributed by atoms with E-state index in [-0.39, 0.29) is 17.7 Å². The van der Waals surface area contributed by atoms with E-state index in [0.29, 0.717) is 17.1 Å². The normalized spacial score (nSPS) is 16.9. The van der Waals surface area contributed by atoms with E-state index in [9.17, 15) is 9.59 Å². The van der Waals surface area contributed by atoms with Crippen LogP contribution in [0.15, 0.2) is 41.2 Å². The molecular weight excluding hydrogens is 242 g/mol. The van der Waals surface area contributed by atoms with Gasteiger partial charge in [0.1, 0.15) is 5.82 Å². The van der Waals surface area contributed by atoms with E-state index in [0.717, 1.165) is 0 Å². The van der Waals surface area contributed by atoms with Gasteiger partial charge in [-0.15, -0.1) is 0 Å². The van der Waals surface area contributed by atoms with Crippen LogP contribution < -0.4 is 10.6 Å². The molecule has 0 bridgehead atoms. The van der Waals surface area contributed by atoms with Crippen LogP contribution in [-0.4, -0.2) is 18.0 Å². The number of benzene rings is 1. The summed E-state index contributed by atoms with van der Waals surface area (Å²) in [6.45, 7) is 3.38. The van der Waals surface area contributed by atoms with Crippen molar-refractivity contribution in [2.45, 2.75) is 13.8 Å². The lowest BCUT2D eigenvalue weighted by Gasteiger charge is -2.09. The number of aliphatic imine (C=N–C) groups is 1. The van der Waals surface area contributed by atoms with Gasteiger partial charge < -0.3 is 10.6 Å². The van der Waals surface area contributed by atoms with Gasteiger partial charge in [-0.3, -0.25) is 9.59 Å². The summed E-state index contributed by atoms with van der Waals surface area (Å²) in [5, 5.41) is 5.34. The van der Waals surface area contributed by atoms with Crippen molar-refractivity contribution >= 4 is 23.7 Å². The molecule has 1 aliphatic heterocycles. The van der Waals surface area contributed by atoms with Crippen LogP contribution in [0.1, 0.15) is 24.2 Å². The minimum atomic E-state index is -0.290. The van der Waals surface area contributed by atoms with E-state index >= 15 is 0 Å². The van der Waals surface area contributed by atoms with E-state index in [2.05, 4.69) is 15.6 Å². The molecule has 5 nitrogen and oxygen atoms in total.